The number of fused-ring (bicyclic) bond motifs is 1. The predicted octanol–water partition coefficient (Wildman–Crippen LogP) is 2.43. The summed E-state index contributed by atoms with van der Waals surface area (Å²) in [6.07, 6.45) is 16.8. The molecule has 0 aromatic heterocycles. The lowest BCUT2D eigenvalue weighted by Gasteiger charge is -2.35. The average molecular weight is 286 g/mol. The quantitative estimate of drug-likeness (QED) is 0.780. The Balaban J connectivity index is 1.74. The van der Waals surface area contributed by atoms with Crippen LogP contribution in [0.25, 0.3) is 0 Å². The van der Waals surface area contributed by atoms with Crippen molar-refractivity contribution < 1.29 is 4.79 Å². The number of nitrogens with one attached hydrogen (secondary N) is 2. The van der Waals surface area contributed by atoms with Crippen LogP contribution in [-0.2, 0) is 4.79 Å². The van der Waals surface area contributed by atoms with Gasteiger partial charge in [0.2, 0.25) is 0 Å². The van der Waals surface area contributed by atoms with Crippen LogP contribution in [0.2, 0.25) is 0 Å². The fourth-order valence-electron chi connectivity index (χ4n) is 3.94. The summed E-state index contributed by atoms with van der Waals surface area (Å²) < 4.78 is 0. The van der Waals surface area contributed by atoms with E-state index in [2.05, 4.69) is 41.1 Å². The minimum absolute atomic E-state index is 0.536. The van der Waals surface area contributed by atoms with Crippen LogP contribution >= 0.6 is 0 Å². The number of allylic oxidation sites excluding steroid dienone is 4. The molecule has 1 saturated heterocycles. The Morgan fingerprint density at radius 3 is 3.10 bits per heavy atom. The third-order valence-electron chi connectivity index (χ3n) is 5.18. The van der Waals surface area contributed by atoms with Gasteiger partial charge in [-0.05, 0) is 55.3 Å². The number of hydrogen-bond acceptors (Lipinski definition) is 3. The molecule has 0 spiro atoms. The molecule has 0 bridgehead atoms. The molecule has 2 N–H and O–H groups in total. The average Bonchev–Trinajstić information content (AvgIpc) is 2.77. The number of carbonyl (C=O) groups excluding carboxylic acids is 1. The van der Waals surface area contributed by atoms with Gasteiger partial charge >= 0.3 is 0 Å². The zero-order valence-electron chi connectivity index (χ0n) is 12.6. The van der Waals surface area contributed by atoms with Crippen molar-refractivity contribution in [3.05, 3.63) is 36.1 Å². The molecule has 0 aromatic rings. The van der Waals surface area contributed by atoms with Crippen molar-refractivity contribution in [1.82, 2.24) is 10.6 Å². The van der Waals surface area contributed by atoms with E-state index in [1.54, 1.807) is 0 Å². The van der Waals surface area contributed by atoms with E-state index >= 15 is 0 Å². The maximum atomic E-state index is 10.7. The lowest BCUT2D eigenvalue weighted by molar-refractivity contribution is -0.108. The van der Waals surface area contributed by atoms with E-state index < -0.39 is 0 Å². The largest absolute Gasteiger partial charge is 0.391 e. The van der Waals surface area contributed by atoms with Gasteiger partial charge in [0.05, 0.1) is 0 Å². The monoisotopic (exact) mass is 286 g/mol. The first-order valence-electron chi connectivity index (χ1n) is 8.33. The highest BCUT2D eigenvalue weighted by atomic mass is 16.1. The van der Waals surface area contributed by atoms with Crippen LogP contribution in [0, 0.1) is 23.7 Å². The van der Waals surface area contributed by atoms with Gasteiger partial charge in [-0.1, -0.05) is 24.3 Å². The van der Waals surface area contributed by atoms with Gasteiger partial charge in [0.1, 0.15) is 6.29 Å². The molecule has 0 amide bonds. The molecule has 1 aliphatic carbocycles. The summed E-state index contributed by atoms with van der Waals surface area (Å²) in [5, 5.41) is 6.87. The summed E-state index contributed by atoms with van der Waals surface area (Å²) in [5.74, 6) is 2.40. The topological polar surface area (TPSA) is 41.1 Å². The minimum atomic E-state index is 0.536. The first-order chi connectivity index (χ1) is 10.4. The van der Waals surface area contributed by atoms with Crippen molar-refractivity contribution >= 4 is 6.29 Å². The Bertz CT molecular complexity index is 452. The zero-order chi connectivity index (χ0) is 14.5. The van der Waals surface area contributed by atoms with Crippen molar-refractivity contribution in [2.45, 2.75) is 25.7 Å². The van der Waals surface area contributed by atoms with Crippen molar-refractivity contribution in [1.29, 1.82) is 0 Å². The summed E-state index contributed by atoms with van der Waals surface area (Å²) in [4.78, 5) is 10.7. The SMILES string of the molecule is O=CCCC1CCNCC1C1=CC2C=CNCCC2C=C1. The van der Waals surface area contributed by atoms with Gasteiger partial charge in [0.15, 0.2) is 0 Å². The summed E-state index contributed by atoms with van der Waals surface area (Å²) in [6, 6.07) is 0. The van der Waals surface area contributed by atoms with Gasteiger partial charge < -0.3 is 15.4 Å². The molecule has 0 saturated carbocycles. The molecule has 1 fully saturated rings. The lowest BCUT2D eigenvalue weighted by atomic mass is 9.74. The van der Waals surface area contributed by atoms with Gasteiger partial charge in [-0.25, -0.2) is 0 Å². The van der Waals surface area contributed by atoms with Gasteiger partial charge in [-0.15, -0.1) is 0 Å². The second kappa shape index (κ2) is 7.08. The third kappa shape index (κ3) is 3.46. The second-order valence-electron chi connectivity index (χ2n) is 6.47. The Morgan fingerprint density at radius 2 is 2.19 bits per heavy atom. The van der Waals surface area contributed by atoms with Gasteiger partial charge in [-0.2, -0.15) is 0 Å². The van der Waals surface area contributed by atoms with Gasteiger partial charge in [0, 0.05) is 25.4 Å². The number of carbonyl (C=O) groups is 1. The van der Waals surface area contributed by atoms with Gasteiger partial charge in [0.25, 0.3) is 0 Å². The normalized spacial score (nSPS) is 35.3. The molecule has 2 heterocycles. The maximum absolute atomic E-state index is 10.7. The maximum Gasteiger partial charge on any atom is 0.120 e. The smallest absolute Gasteiger partial charge is 0.120 e. The van der Waals surface area contributed by atoms with E-state index in [9.17, 15) is 4.79 Å². The fraction of sp³-hybridized carbons (Fsp3) is 0.611. The van der Waals surface area contributed by atoms with Crippen molar-refractivity contribution in [2.24, 2.45) is 23.7 Å². The lowest BCUT2D eigenvalue weighted by Crippen LogP contribution is -2.38. The molecule has 114 valence electrons. The van der Waals surface area contributed by atoms with E-state index in [4.69, 9.17) is 0 Å². The number of rotatable bonds is 4. The van der Waals surface area contributed by atoms with Crippen LogP contribution in [0.3, 0.4) is 0 Å². The number of hydrogen-bond donors (Lipinski definition) is 2. The van der Waals surface area contributed by atoms with Gasteiger partial charge in [-0.3, -0.25) is 0 Å². The molecule has 0 radical (unpaired) electrons. The Hall–Kier alpha value is -1.35. The van der Waals surface area contributed by atoms with Crippen molar-refractivity contribution in [3.63, 3.8) is 0 Å². The molecular formula is C18H26N2O. The van der Waals surface area contributed by atoms with Crippen LogP contribution in [0.15, 0.2) is 36.1 Å². The molecule has 3 nitrogen and oxygen atoms in total. The molecular weight excluding hydrogens is 260 g/mol. The predicted molar refractivity (Wildman–Crippen MR) is 85.7 cm³/mol. The van der Waals surface area contributed by atoms with Crippen LogP contribution in [0.4, 0.5) is 0 Å². The molecule has 3 heteroatoms. The molecule has 3 rings (SSSR count). The third-order valence-corrected chi connectivity index (χ3v) is 5.18. The Morgan fingerprint density at radius 1 is 1.24 bits per heavy atom. The minimum Gasteiger partial charge on any atom is -0.391 e. The van der Waals surface area contributed by atoms with E-state index in [1.165, 1.54) is 18.4 Å². The van der Waals surface area contributed by atoms with E-state index in [1.807, 2.05) is 0 Å². The zero-order valence-corrected chi connectivity index (χ0v) is 12.6. The van der Waals surface area contributed by atoms with E-state index in [-0.39, 0.29) is 0 Å². The Kier molecular flexibility index (Phi) is 4.91. The molecule has 21 heavy (non-hydrogen) atoms. The van der Waals surface area contributed by atoms with Crippen LogP contribution in [0.5, 0.6) is 0 Å². The Labute approximate surface area is 127 Å². The van der Waals surface area contributed by atoms with Crippen molar-refractivity contribution in [3.8, 4) is 0 Å². The molecule has 3 aliphatic rings. The number of piperidine rings is 1. The summed E-state index contributed by atoms with van der Waals surface area (Å²) in [6.45, 7) is 3.21. The molecule has 4 atom stereocenters. The summed E-state index contributed by atoms with van der Waals surface area (Å²) >= 11 is 0. The van der Waals surface area contributed by atoms with Crippen LogP contribution < -0.4 is 10.6 Å². The molecule has 4 unspecified atom stereocenters. The van der Waals surface area contributed by atoms with Crippen molar-refractivity contribution in [2.75, 3.05) is 19.6 Å². The van der Waals surface area contributed by atoms with E-state index in [0.717, 1.165) is 32.3 Å². The second-order valence-corrected chi connectivity index (χ2v) is 6.47. The summed E-state index contributed by atoms with van der Waals surface area (Å²) in [7, 11) is 0. The summed E-state index contributed by atoms with van der Waals surface area (Å²) in [5.41, 5.74) is 1.48. The van der Waals surface area contributed by atoms with E-state index in [0.29, 0.717) is 30.1 Å². The number of aldehydes is 1. The van der Waals surface area contributed by atoms with Crippen LogP contribution in [0.1, 0.15) is 25.7 Å². The first-order valence-corrected chi connectivity index (χ1v) is 8.33. The fourth-order valence-corrected chi connectivity index (χ4v) is 3.94. The first kappa shape index (κ1) is 14.6. The van der Waals surface area contributed by atoms with Crippen LogP contribution in [-0.4, -0.2) is 25.9 Å². The standard InChI is InChI=1S/C18H26N2O/c21-11-1-2-15-6-10-20-13-18(15)17-4-3-14-5-8-19-9-7-16(14)12-17/h3-4,7,9,11-12,14-16,18-20H,1-2,5-6,8,10,13H2. The molecule has 2 aliphatic heterocycles. The highest BCUT2D eigenvalue weighted by Gasteiger charge is 2.29. The highest BCUT2D eigenvalue weighted by molar-refractivity contribution is 5.49. The molecule has 0 aromatic carbocycles. The highest BCUT2D eigenvalue weighted by Crippen LogP contribution is 2.36.